The van der Waals surface area contributed by atoms with Crippen LogP contribution < -0.4 is 4.74 Å². The third-order valence-electron chi connectivity index (χ3n) is 2.67. The Kier molecular flexibility index (Phi) is 4.74. The topological polar surface area (TPSA) is 81.5 Å². The van der Waals surface area contributed by atoms with Crippen molar-refractivity contribution in [1.29, 1.82) is 0 Å². The van der Waals surface area contributed by atoms with Gasteiger partial charge < -0.3 is 14.6 Å². The minimum absolute atomic E-state index is 0.102. The molecule has 2 rings (SSSR count). The molecule has 0 spiro atoms. The number of hydrogen-bond donors (Lipinski definition) is 1. The van der Waals surface area contributed by atoms with Crippen molar-refractivity contribution in [2.45, 2.75) is 13.0 Å². The number of phenols is 1. The molecule has 7 heteroatoms. The molecule has 1 atom stereocenters. The molecule has 0 bridgehead atoms. The summed E-state index contributed by atoms with van der Waals surface area (Å²) in [5.74, 6) is 0.0410. The second-order valence-corrected chi connectivity index (χ2v) is 5.11. The quantitative estimate of drug-likeness (QED) is 0.851. The van der Waals surface area contributed by atoms with Crippen molar-refractivity contribution in [3.05, 3.63) is 35.1 Å². The largest absolute Gasteiger partial charge is 0.504 e. The Balaban J connectivity index is 2.21. The van der Waals surface area contributed by atoms with Crippen LogP contribution >= 0.6 is 15.9 Å². The first kappa shape index (κ1) is 15.2. The summed E-state index contributed by atoms with van der Waals surface area (Å²) in [4.78, 5) is 19.6. The smallest absolute Gasteiger partial charge is 0.346 e. The molecule has 0 aliphatic carbocycles. The highest BCUT2D eigenvalue weighted by Crippen LogP contribution is 2.31. The molecule has 0 fully saturated rings. The summed E-state index contributed by atoms with van der Waals surface area (Å²) in [5.41, 5.74) is 0.637. The van der Waals surface area contributed by atoms with E-state index in [0.717, 1.165) is 4.47 Å². The molecule has 1 N–H and O–H groups in total. The summed E-state index contributed by atoms with van der Waals surface area (Å²) in [6, 6.07) is 4.72. The van der Waals surface area contributed by atoms with Crippen molar-refractivity contribution in [3.63, 3.8) is 0 Å². The number of esters is 1. The van der Waals surface area contributed by atoms with E-state index in [2.05, 4.69) is 30.6 Å². The van der Waals surface area contributed by atoms with Gasteiger partial charge in [0, 0.05) is 18.0 Å². The number of phenolic OH excluding ortho intramolecular Hbond substituents is 1. The molecule has 2 aromatic rings. The van der Waals surface area contributed by atoms with Crippen LogP contribution in [0.2, 0.25) is 0 Å². The van der Waals surface area contributed by atoms with Gasteiger partial charge in [-0.1, -0.05) is 0 Å². The molecule has 110 valence electrons. The Bertz CT molecular complexity index is 646. The summed E-state index contributed by atoms with van der Waals surface area (Å²) in [7, 11) is 1.27. The zero-order chi connectivity index (χ0) is 15.4. The molecule has 0 radical (unpaired) electrons. The lowest BCUT2D eigenvalue weighted by Crippen LogP contribution is -2.24. The van der Waals surface area contributed by atoms with Crippen LogP contribution in [-0.2, 0) is 9.53 Å². The highest BCUT2D eigenvalue weighted by molar-refractivity contribution is 9.10. The number of aromatic hydroxyl groups is 1. The minimum Gasteiger partial charge on any atom is -0.504 e. The molecule has 0 aliphatic heterocycles. The zero-order valence-corrected chi connectivity index (χ0v) is 13.0. The van der Waals surface area contributed by atoms with E-state index in [1.807, 2.05) is 0 Å². The van der Waals surface area contributed by atoms with Crippen LogP contribution in [-0.4, -0.2) is 34.3 Å². The van der Waals surface area contributed by atoms with Gasteiger partial charge in [0.05, 0.1) is 11.6 Å². The second-order valence-electron chi connectivity index (χ2n) is 4.19. The Morgan fingerprint density at radius 3 is 2.57 bits per heavy atom. The monoisotopic (exact) mass is 352 g/mol. The number of halogens is 1. The molecular formula is C14H13BrN2O4. The fraction of sp³-hybridized carbons (Fsp3) is 0.214. The normalized spacial score (nSPS) is 11.8. The van der Waals surface area contributed by atoms with Crippen LogP contribution in [0.1, 0.15) is 6.92 Å². The van der Waals surface area contributed by atoms with Crippen molar-refractivity contribution in [2.75, 3.05) is 7.11 Å². The van der Waals surface area contributed by atoms with Crippen molar-refractivity contribution in [3.8, 4) is 22.9 Å². The number of benzene rings is 1. The second kappa shape index (κ2) is 6.53. The molecule has 0 saturated heterocycles. The number of aromatic nitrogens is 2. The summed E-state index contributed by atoms with van der Waals surface area (Å²) in [6.07, 6.45) is 2.42. The molecule has 6 nitrogen and oxygen atoms in total. The van der Waals surface area contributed by atoms with Gasteiger partial charge in [-0.2, -0.15) is 0 Å². The lowest BCUT2D eigenvalue weighted by molar-refractivity contribution is -0.147. The van der Waals surface area contributed by atoms with E-state index in [1.165, 1.54) is 20.1 Å². The maximum absolute atomic E-state index is 11.3. The first-order valence-corrected chi connectivity index (χ1v) is 6.86. The van der Waals surface area contributed by atoms with E-state index < -0.39 is 12.1 Å². The Labute approximate surface area is 129 Å². The van der Waals surface area contributed by atoms with Gasteiger partial charge in [-0.25, -0.2) is 14.8 Å². The molecule has 1 aromatic carbocycles. The third-order valence-corrected chi connectivity index (χ3v) is 3.08. The first-order valence-electron chi connectivity index (χ1n) is 6.06. The van der Waals surface area contributed by atoms with Gasteiger partial charge in [-0.05, 0) is 41.1 Å². The van der Waals surface area contributed by atoms with Gasteiger partial charge in [0.15, 0.2) is 23.4 Å². The molecule has 1 aromatic heterocycles. The van der Waals surface area contributed by atoms with Crippen LogP contribution in [0, 0.1) is 0 Å². The van der Waals surface area contributed by atoms with Crippen LogP contribution in [0.15, 0.2) is 35.1 Å². The molecular weight excluding hydrogens is 340 g/mol. The van der Waals surface area contributed by atoms with Gasteiger partial charge >= 0.3 is 5.97 Å². The van der Waals surface area contributed by atoms with Crippen LogP contribution in [0.5, 0.6) is 11.5 Å². The SMILES string of the molecule is COC(=O)C(C)Oc1ccc(-c2ncc(Br)cn2)cc1O. The molecule has 0 amide bonds. The number of nitrogens with zero attached hydrogens (tertiary/aromatic N) is 2. The van der Waals surface area contributed by atoms with E-state index in [4.69, 9.17) is 4.74 Å². The standard InChI is InChI=1S/C14H13BrN2O4/c1-8(14(19)20-2)21-12-4-3-9(5-11(12)18)13-16-6-10(15)7-17-13/h3-8,18H,1-2H3. The number of methoxy groups -OCH3 is 1. The summed E-state index contributed by atoms with van der Waals surface area (Å²) >= 11 is 3.25. The molecule has 0 aliphatic rings. The predicted octanol–water partition coefficient (Wildman–Crippen LogP) is 2.55. The average Bonchev–Trinajstić information content (AvgIpc) is 2.49. The van der Waals surface area contributed by atoms with E-state index in [9.17, 15) is 9.90 Å². The number of rotatable bonds is 4. The minimum atomic E-state index is -0.810. The number of ether oxygens (including phenoxy) is 2. The predicted molar refractivity (Wildman–Crippen MR) is 78.9 cm³/mol. The van der Waals surface area contributed by atoms with Crippen molar-refractivity contribution in [1.82, 2.24) is 9.97 Å². The highest BCUT2D eigenvalue weighted by Gasteiger charge is 2.17. The summed E-state index contributed by atoms with van der Waals surface area (Å²) in [5, 5.41) is 9.97. The molecule has 21 heavy (non-hydrogen) atoms. The Morgan fingerprint density at radius 1 is 1.33 bits per heavy atom. The molecule has 1 heterocycles. The highest BCUT2D eigenvalue weighted by atomic mass is 79.9. The van der Waals surface area contributed by atoms with E-state index in [1.54, 1.807) is 24.5 Å². The fourth-order valence-corrected chi connectivity index (χ4v) is 1.83. The maximum atomic E-state index is 11.3. The summed E-state index contributed by atoms with van der Waals surface area (Å²) in [6.45, 7) is 1.54. The van der Waals surface area contributed by atoms with E-state index in [-0.39, 0.29) is 11.5 Å². The van der Waals surface area contributed by atoms with Gasteiger partial charge in [0.25, 0.3) is 0 Å². The van der Waals surface area contributed by atoms with Gasteiger partial charge in [0.2, 0.25) is 0 Å². The molecule has 1 unspecified atom stereocenters. The maximum Gasteiger partial charge on any atom is 0.346 e. The Morgan fingerprint density at radius 2 is 2.00 bits per heavy atom. The lowest BCUT2D eigenvalue weighted by Gasteiger charge is -2.13. The van der Waals surface area contributed by atoms with Gasteiger partial charge in [-0.3, -0.25) is 0 Å². The lowest BCUT2D eigenvalue weighted by atomic mass is 10.2. The average molecular weight is 353 g/mol. The number of hydrogen-bond acceptors (Lipinski definition) is 6. The number of carbonyl (C=O) groups is 1. The van der Waals surface area contributed by atoms with Crippen LogP contribution in [0.4, 0.5) is 0 Å². The van der Waals surface area contributed by atoms with Crippen molar-refractivity contribution < 1.29 is 19.4 Å². The first-order chi connectivity index (χ1) is 10.0. The fourth-order valence-electron chi connectivity index (χ4n) is 1.62. The van der Waals surface area contributed by atoms with Gasteiger partial charge in [-0.15, -0.1) is 0 Å². The Hall–Kier alpha value is -2.15. The zero-order valence-electron chi connectivity index (χ0n) is 11.4. The van der Waals surface area contributed by atoms with Crippen LogP contribution in [0.3, 0.4) is 0 Å². The van der Waals surface area contributed by atoms with Crippen molar-refractivity contribution in [2.24, 2.45) is 0 Å². The van der Waals surface area contributed by atoms with Crippen molar-refractivity contribution >= 4 is 21.9 Å². The van der Waals surface area contributed by atoms with Gasteiger partial charge in [0.1, 0.15) is 0 Å². The third kappa shape index (κ3) is 3.69. The summed E-state index contributed by atoms with van der Waals surface area (Å²) < 4.78 is 10.7. The van der Waals surface area contributed by atoms with E-state index >= 15 is 0 Å². The number of carbonyl (C=O) groups excluding carboxylic acids is 1. The molecule has 0 saturated carbocycles. The van der Waals surface area contributed by atoms with E-state index in [0.29, 0.717) is 11.4 Å². The van der Waals surface area contributed by atoms with Crippen LogP contribution in [0.25, 0.3) is 11.4 Å².